The van der Waals surface area contributed by atoms with E-state index >= 15 is 0 Å². The van der Waals surface area contributed by atoms with Gasteiger partial charge in [0.05, 0.1) is 24.7 Å². The number of hydrogen-bond acceptors (Lipinski definition) is 5. The van der Waals surface area contributed by atoms with Crippen molar-refractivity contribution in [3.8, 4) is 0 Å². The van der Waals surface area contributed by atoms with Crippen molar-refractivity contribution in [1.29, 1.82) is 0 Å². The molecular formula is C35H48Cl2N6O3. The molecule has 0 radical (unpaired) electrons. The molecule has 2 amide bonds. The Kier molecular flexibility index (Phi) is 15.6. The van der Waals surface area contributed by atoms with Gasteiger partial charge in [-0.25, -0.2) is 14.8 Å². The fraction of sp³-hybridized carbons (Fsp3) is 0.457. The van der Waals surface area contributed by atoms with Gasteiger partial charge in [-0.2, -0.15) is 0 Å². The lowest BCUT2D eigenvalue weighted by Crippen LogP contribution is -2.51. The molecule has 0 bridgehead atoms. The summed E-state index contributed by atoms with van der Waals surface area (Å²) in [5.41, 5.74) is 2.07. The van der Waals surface area contributed by atoms with Crippen LogP contribution in [0.3, 0.4) is 0 Å². The Balaban J connectivity index is 0.00000288. The van der Waals surface area contributed by atoms with Gasteiger partial charge in [-0.05, 0) is 62.5 Å². The van der Waals surface area contributed by atoms with E-state index in [4.69, 9.17) is 0 Å². The van der Waals surface area contributed by atoms with Crippen molar-refractivity contribution < 1.29 is 15.0 Å². The number of aliphatic hydroxyl groups excluding tert-OH is 2. The van der Waals surface area contributed by atoms with Crippen LogP contribution in [0.4, 0.5) is 4.79 Å². The summed E-state index contributed by atoms with van der Waals surface area (Å²) in [4.78, 5) is 26.5. The number of rotatable bonds is 16. The molecule has 0 unspecified atom stereocenters. The molecule has 5 rings (SSSR count). The minimum absolute atomic E-state index is 0. The van der Waals surface area contributed by atoms with E-state index in [-0.39, 0.29) is 30.8 Å². The van der Waals surface area contributed by atoms with E-state index < -0.39 is 24.3 Å². The van der Waals surface area contributed by atoms with E-state index in [9.17, 15) is 15.0 Å². The maximum atomic E-state index is 14.5. The van der Waals surface area contributed by atoms with Crippen molar-refractivity contribution in [3.05, 3.63) is 109 Å². The molecule has 2 N–H and O–H groups in total. The van der Waals surface area contributed by atoms with Gasteiger partial charge in [-0.3, -0.25) is 0 Å². The number of imidazole rings is 2. The van der Waals surface area contributed by atoms with Gasteiger partial charge in [0.25, 0.3) is 0 Å². The first kappa shape index (κ1) is 37.1. The minimum Gasteiger partial charge on any atom is -0.388 e. The van der Waals surface area contributed by atoms with Crippen LogP contribution in [-0.2, 0) is 25.9 Å². The number of urea groups is 1. The molecule has 11 heteroatoms. The first-order valence-corrected chi connectivity index (χ1v) is 16.0. The van der Waals surface area contributed by atoms with Crippen molar-refractivity contribution in [2.75, 3.05) is 13.1 Å². The van der Waals surface area contributed by atoms with Crippen LogP contribution in [0.5, 0.6) is 0 Å². The molecule has 0 aliphatic carbocycles. The summed E-state index contributed by atoms with van der Waals surface area (Å²) in [6.45, 7) is 2.82. The zero-order valence-electron chi connectivity index (χ0n) is 26.3. The number of aliphatic hydroxyl groups is 2. The van der Waals surface area contributed by atoms with Crippen LogP contribution in [0.15, 0.2) is 98.1 Å². The molecule has 2 aromatic carbocycles. The lowest BCUT2D eigenvalue weighted by Gasteiger charge is -2.36. The fourth-order valence-corrected chi connectivity index (χ4v) is 6.31. The number of nitrogens with zero attached hydrogens (tertiary/aromatic N) is 6. The van der Waals surface area contributed by atoms with E-state index in [0.29, 0.717) is 25.9 Å². The van der Waals surface area contributed by atoms with E-state index in [1.165, 1.54) is 0 Å². The summed E-state index contributed by atoms with van der Waals surface area (Å²) in [5.74, 6) is 0. The summed E-state index contributed by atoms with van der Waals surface area (Å²) in [6, 6.07) is 18.8. The molecule has 1 aliphatic heterocycles. The molecular weight excluding hydrogens is 623 g/mol. The zero-order chi connectivity index (χ0) is 30.6. The molecule has 9 nitrogen and oxygen atoms in total. The third-order valence-corrected chi connectivity index (χ3v) is 8.75. The molecule has 4 aromatic rings. The van der Waals surface area contributed by atoms with Gasteiger partial charge in [-0.1, -0.05) is 60.7 Å². The van der Waals surface area contributed by atoms with Gasteiger partial charge in [0.15, 0.2) is 0 Å². The van der Waals surface area contributed by atoms with Crippen molar-refractivity contribution >= 4 is 30.8 Å². The number of hydrogen-bond donors (Lipinski definition) is 2. The van der Waals surface area contributed by atoms with Crippen molar-refractivity contribution in [3.63, 3.8) is 0 Å². The molecule has 1 aliphatic rings. The molecule has 0 saturated carbocycles. The normalized spacial score (nSPS) is 19.7. The average Bonchev–Trinajstić information content (AvgIpc) is 3.77. The second-order valence-electron chi connectivity index (χ2n) is 11.9. The highest BCUT2D eigenvalue weighted by Crippen LogP contribution is 2.28. The molecule has 4 atom stereocenters. The molecule has 3 heterocycles. The molecule has 1 fully saturated rings. The van der Waals surface area contributed by atoms with Crippen LogP contribution in [0.1, 0.15) is 49.7 Å². The topological polar surface area (TPSA) is 99.6 Å². The van der Waals surface area contributed by atoms with Crippen LogP contribution in [-0.4, -0.2) is 82.5 Å². The predicted octanol–water partition coefficient (Wildman–Crippen LogP) is 5.65. The van der Waals surface area contributed by atoms with Crippen LogP contribution < -0.4 is 0 Å². The summed E-state index contributed by atoms with van der Waals surface area (Å²) in [7, 11) is 0. The maximum absolute atomic E-state index is 14.5. The first-order valence-electron chi connectivity index (χ1n) is 16.0. The van der Waals surface area contributed by atoms with E-state index in [2.05, 4.69) is 19.1 Å². The molecule has 2 aromatic heterocycles. The number of aromatic nitrogens is 4. The summed E-state index contributed by atoms with van der Waals surface area (Å²) in [5, 5.41) is 23.6. The Morgan fingerprint density at radius 1 is 0.565 bits per heavy atom. The Morgan fingerprint density at radius 2 is 0.957 bits per heavy atom. The van der Waals surface area contributed by atoms with Gasteiger partial charge in [0, 0.05) is 51.0 Å². The van der Waals surface area contributed by atoms with Crippen LogP contribution in [0, 0.1) is 0 Å². The van der Waals surface area contributed by atoms with Crippen molar-refractivity contribution in [1.82, 2.24) is 28.9 Å². The van der Waals surface area contributed by atoms with Gasteiger partial charge in [0.2, 0.25) is 0 Å². The second kappa shape index (κ2) is 19.3. The Hall–Kier alpha value is -3.37. The number of benzene rings is 2. The fourth-order valence-electron chi connectivity index (χ4n) is 6.31. The van der Waals surface area contributed by atoms with Crippen molar-refractivity contribution in [2.45, 2.75) is 88.7 Å². The molecule has 46 heavy (non-hydrogen) atoms. The number of halogens is 2. The third-order valence-electron chi connectivity index (χ3n) is 8.75. The van der Waals surface area contributed by atoms with E-state index in [0.717, 1.165) is 62.7 Å². The van der Waals surface area contributed by atoms with Crippen LogP contribution in [0.2, 0.25) is 0 Å². The minimum atomic E-state index is -1.08. The lowest BCUT2D eigenvalue weighted by atomic mass is 9.91. The quantitative estimate of drug-likeness (QED) is 0.150. The van der Waals surface area contributed by atoms with Crippen molar-refractivity contribution in [2.24, 2.45) is 0 Å². The Labute approximate surface area is 285 Å². The number of amides is 2. The highest BCUT2D eigenvalue weighted by molar-refractivity contribution is 5.85. The summed E-state index contributed by atoms with van der Waals surface area (Å²) >= 11 is 0. The standard InChI is InChI=1S/C35H46N6O3.2ClH/c42-33-31(25-29-13-5-1-6-14-29)40(21-11-3-9-19-38-23-17-36-27-38)35(44)41(22-12-4-10-20-39-24-18-37-28-39)32(34(33)43)26-30-15-7-2-8-16-30;;/h1-2,5-8,13-18,23-24,27-28,31-34,42-43H,3-4,9-12,19-22,25-26H2;2*1H/t31-,32-,33+,34+;;/m1../s1. The maximum Gasteiger partial charge on any atom is 0.320 e. The second-order valence-corrected chi connectivity index (χ2v) is 11.9. The van der Waals surface area contributed by atoms with Gasteiger partial charge < -0.3 is 29.1 Å². The number of aryl methyl sites for hydroxylation is 2. The first-order chi connectivity index (χ1) is 21.6. The van der Waals surface area contributed by atoms with E-state index in [1.807, 2.05) is 95.5 Å². The number of carbonyl (C=O) groups excluding carboxylic acids is 1. The van der Waals surface area contributed by atoms with Crippen LogP contribution in [0.25, 0.3) is 0 Å². The third kappa shape index (κ3) is 10.3. The molecule has 0 spiro atoms. The Morgan fingerprint density at radius 3 is 1.33 bits per heavy atom. The average molecular weight is 672 g/mol. The van der Waals surface area contributed by atoms with Gasteiger partial charge in [-0.15, -0.1) is 24.8 Å². The highest BCUT2D eigenvalue weighted by Gasteiger charge is 2.45. The molecule has 1 saturated heterocycles. The van der Waals surface area contributed by atoms with Gasteiger partial charge >= 0.3 is 6.03 Å². The molecule has 250 valence electrons. The smallest absolute Gasteiger partial charge is 0.320 e. The summed E-state index contributed by atoms with van der Waals surface area (Å²) in [6.07, 6.45) is 15.4. The monoisotopic (exact) mass is 670 g/mol. The summed E-state index contributed by atoms with van der Waals surface area (Å²) < 4.78 is 4.14. The largest absolute Gasteiger partial charge is 0.388 e. The predicted molar refractivity (Wildman–Crippen MR) is 185 cm³/mol. The highest BCUT2D eigenvalue weighted by atomic mass is 35.5. The Bertz CT molecular complexity index is 1260. The van der Waals surface area contributed by atoms with Crippen LogP contribution >= 0.6 is 24.8 Å². The zero-order valence-corrected chi connectivity index (χ0v) is 28.0. The van der Waals surface area contributed by atoms with E-state index in [1.54, 1.807) is 12.4 Å². The lowest BCUT2D eigenvalue weighted by molar-refractivity contribution is -0.0396. The number of unbranched alkanes of at least 4 members (excludes halogenated alkanes) is 4. The SMILES string of the molecule is Cl.Cl.O=C1N(CCCCCn2ccnc2)[C@H](Cc2ccccc2)[C@H](O)[C@@H](O)[C@@H](Cc2ccccc2)N1CCCCCn1ccnc1. The number of carbonyl (C=O) groups is 1. The van der Waals surface area contributed by atoms with Gasteiger partial charge in [0.1, 0.15) is 12.2 Å².